The monoisotopic (exact) mass is 122 g/mol. The number of Topliss-reactive ketones (excluding diaryl/α,β-unsaturated/α-hetero) is 1. The summed E-state index contributed by atoms with van der Waals surface area (Å²) in [6.07, 6.45) is 2.05. The lowest BCUT2D eigenvalue weighted by atomic mass is 10.2. The van der Waals surface area contributed by atoms with Gasteiger partial charge >= 0.3 is 0 Å². The predicted octanol–water partition coefficient (Wildman–Crippen LogP) is 1.42. The molecular formula is C7H8NO. The van der Waals surface area contributed by atoms with Gasteiger partial charge in [0.05, 0.1) is 5.69 Å². The molecule has 0 aromatic carbocycles. The molecule has 0 aliphatic heterocycles. The second-order valence-electron chi connectivity index (χ2n) is 1.76. The first kappa shape index (κ1) is 6.08. The van der Waals surface area contributed by atoms with Crippen molar-refractivity contribution >= 4 is 5.78 Å². The molecule has 0 atom stereocenters. The number of hydrogen-bond donors (Lipinski definition) is 1. The number of ketones is 1. The number of aromatic amines is 1. The molecule has 0 bridgehead atoms. The van der Waals surface area contributed by atoms with Crippen molar-refractivity contribution in [3.8, 4) is 0 Å². The summed E-state index contributed by atoms with van der Waals surface area (Å²) in [5, 5.41) is 0. The first-order valence-corrected chi connectivity index (χ1v) is 2.80. The van der Waals surface area contributed by atoms with Gasteiger partial charge in [0.2, 0.25) is 0 Å². The molecular weight excluding hydrogens is 114 g/mol. The van der Waals surface area contributed by atoms with Crippen LogP contribution >= 0.6 is 0 Å². The lowest BCUT2D eigenvalue weighted by Gasteiger charge is -1.87. The van der Waals surface area contributed by atoms with Gasteiger partial charge in [0.15, 0.2) is 5.78 Å². The number of carbonyl (C=O) groups is 1. The van der Waals surface area contributed by atoms with E-state index in [1.54, 1.807) is 18.3 Å². The van der Waals surface area contributed by atoms with Crippen LogP contribution in [0.3, 0.4) is 0 Å². The minimum absolute atomic E-state index is 0.0556. The number of rotatable bonds is 2. The van der Waals surface area contributed by atoms with Crippen molar-refractivity contribution in [3.05, 3.63) is 30.9 Å². The van der Waals surface area contributed by atoms with Crippen molar-refractivity contribution in [1.82, 2.24) is 4.98 Å². The molecule has 2 heteroatoms. The number of nitrogens with one attached hydrogen (secondary N) is 1. The summed E-state index contributed by atoms with van der Waals surface area (Å²) >= 11 is 0. The van der Waals surface area contributed by atoms with Crippen molar-refractivity contribution in [2.75, 3.05) is 0 Å². The van der Waals surface area contributed by atoms with Crippen LogP contribution in [0, 0.1) is 6.92 Å². The van der Waals surface area contributed by atoms with E-state index in [1.807, 2.05) is 0 Å². The maximum absolute atomic E-state index is 10.8. The summed E-state index contributed by atoms with van der Waals surface area (Å²) in [5.74, 6) is 0.0556. The highest BCUT2D eigenvalue weighted by molar-refractivity contribution is 5.94. The van der Waals surface area contributed by atoms with Crippen LogP contribution in [0.5, 0.6) is 0 Å². The van der Waals surface area contributed by atoms with Gasteiger partial charge in [0.1, 0.15) is 0 Å². The highest BCUT2D eigenvalue weighted by Crippen LogP contribution is 1.97. The van der Waals surface area contributed by atoms with E-state index in [-0.39, 0.29) is 5.78 Å². The van der Waals surface area contributed by atoms with Crippen molar-refractivity contribution in [2.45, 2.75) is 6.42 Å². The quantitative estimate of drug-likeness (QED) is 0.591. The van der Waals surface area contributed by atoms with Gasteiger partial charge in [0.25, 0.3) is 0 Å². The Labute approximate surface area is 53.9 Å². The normalized spacial score (nSPS) is 9.44. The average Bonchev–Trinajstić information content (AvgIpc) is 2.37. The van der Waals surface area contributed by atoms with E-state index in [4.69, 9.17) is 0 Å². The maximum atomic E-state index is 10.8. The molecule has 0 saturated heterocycles. The Hall–Kier alpha value is -1.05. The van der Waals surface area contributed by atoms with E-state index in [0.29, 0.717) is 12.1 Å². The molecule has 0 unspecified atom stereocenters. The molecule has 1 heterocycles. The molecule has 2 nitrogen and oxygen atoms in total. The van der Waals surface area contributed by atoms with Crippen molar-refractivity contribution in [2.24, 2.45) is 0 Å². The van der Waals surface area contributed by atoms with Crippen LogP contribution in [0.25, 0.3) is 0 Å². The van der Waals surface area contributed by atoms with Gasteiger partial charge in [-0.2, -0.15) is 0 Å². The molecule has 0 aliphatic carbocycles. The fourth-order valence-corrected chi connectivity index (χ4v) is 0.638. The lowest BCUT2D eigenvalue weighted by Crippen LogP contribution is -1.95. The minimum Gasteiger partial charge on any atom is -0.359 e. The van der Waals surface area contributed by atoms with E-state index < -0.39 is 0 Å². The minimum atomic E-state index is 0.0556. The molecule has 1 radical (unpaired) electrons. The molecule has 0 spiro atoms. The van der Waals surface area contributed by atoms with E-state index in [1.165, 1.54) is 0 Å². The van der Waals surface area contributed by atoms with Gasteiger partial charge in [-0.15, -0.1) is 0 Å². The molecule has 0 fully saturated rings. The number of carbonyl (C=O) groups excluding carboxylic acids is 1. The second-order valence-corrected chi connectivity index (χ2v) is 1.76. The third-order valence-corrected chi connectivity index (χ3v) is 1.13. The van der Waals surface area contributed by atoms with Gasteiger partial charge in [0, 0.05) is 12.6 Å². The van der Waals surface area contributed by atoms with Gasteiger partial charge < -0.3 is 4.98 Å². The summed E-state index contributed by atoms with van der Waals surface area (Å²) in [6, 6.07) is 3.54. The third-order valence-electron chi connectivity index (χ3n) is 1.13. The van der Waals surface area contributed by atoms with Crippen LogP contribution < -0.4 is 0 Å². The molecule has 0 aliphatic rings. The van der Waals surface area contributed by atoms with Gasteiger partial charge in [-0.1, -0.05) is 0 Å². The van der Waals surface area contributed by atoms with Crippen LogP contribution in [0.2, 0.25) is 0 Å². The number of H-pyrrole nitrogens is 1. The lowest BCUT2D eigenvalue weighted by molar-refractivity contribution is 0.0991. The molecule has 0 saturated carbocycles. The molecule has 1 aromatic heterocycles. The summed E-state index contributed by atoms with van der Waals surface area (Å²) in [6.45, 7) is 3.47. The topological polar surface area (TPSA) is 32.9 Å². The Kier molecular flexibility index (Phi) is 1.68. The standard InChI is InChI=1S/C7H8NO/c1-2-7(9)6-4-3-5-8-6/h3-5,8H,1-2H2. The summed E-state index contributed by atoms with van der Waals surface area (Å²) in [7, 11) is 0. The summed E-state index contributed by atoms with van der Waals surface area (Å²) in [4.78, 5) is 13.6. The Bertz CT molecular complexity index is 189. The highest BCUT2D eigenvalue weighted by atomic mass is 16.1. The Morgan fingerprint density at radius 1 is 1.78 bits per heavy atom. The first-order valence-electron chi connectivity index (χ1n) is 2.80. The van der Waals surface area contributed by atoms with Crippen LogP contribution in [-0.4, -0.2) is 10.8 Å². The fraction of sp³-hybridized carbons (Fsp3) is 0.143. The Balaban J connectivity index is 2.77. The average molecular weight is 122 g/mol. The Morgan fingerprint density at radius 2 is 2.56 bits per heavy atom. The second kappa shape index (κ2) is 2.49. The van der Waals surface area contributed by atoms with Gasteiger partial charge in [-0.25, -0.2) is 0 Å². The van der Waals surface area contributed by atoms with Crippen LogP contribution in [-0.2, 0) is 0 Å². The molecule has 0 amide bonds. The van der Waals surface area contributed by atoms with Gasteiger partial charge in [-0.05, 0) is 19.1 Å². The summed E-state index contributed by atoms with van der Waals surface area (Å²) < 4.78 is 0. The van der Waals surface area contributed by atoms with Gasteiger partial charge in [-0.3, -0.25) is 4.79 Å². The van der Waals surface area contributed by atoms with E-state index >= 15 is 0 Å². The van der Waals surface area contributed by atoms with Crippen LogP contribution in [0.15, 0.2) is 18.3 Å². The maximum Gasteiger partial charge on any atom is 0.178 e. The zero-order valence-corrected chi connectivity index (χ0v) is 5.05. The van der Waals surface area contributed by atoms with E-state index in [9.17, 15) is 4.79 Å². The van der Waals surface area contributed by atoms with Crippen LogP contribution in [0.1, 0.15) is 16.9 Å². The van der Waals surface area contributed by atoms with Crippen LogP contribution in [0.4, 0.5) is 0 Å². The largest absolute Gasteiger partial charge is 0.359 e. The third kappa shape index (κ3) is 1.19. The first-order chi connectivity index (χ1) is 4.34. The zero-order chi connectivity index (χ0) is 6.69. The van der Waals surface area contributed by atoms with E-state index in [0.717, 1.165) is 0 Å². The zero-order valence-electron chi connectivity index (χ0n) is 5.05. The fourth-order valence-electron chi connectivity index (χ4n) is 0.638. The number of aromatic nitrogens is 1. The molecule has 1 rings (SSSR count). The highest BCUT2D eigenvalue weighted by Gasteiger charge is 2.00. The molecule has 9 heavy (non-hydrogen) atoms. The van der Waals surface area contributed by atoms with Crippen molar-refractivity contribution < 1.29 is 4.79 Å². The smallest absolute Gasteiger partial charge is 0.178 e. The van der Waals surface area contributed by atoms with Crippen molar-refractivity contribution in [3.63, 3.8) is 0 Å². The van der Waals surface area contributed by atoms with Crippen molar-refractivity contribution in [1.29, 1.82) is 0 Å². The SMILES string of the molecule is [CH2]CC(=O)c1ccc[nH]1. The van der Waals surface area contributed by atoms with E-state index in [2.05, 4.69) is 11.9 Å². The molecule has 1 N–H and O–H groups in total. The predicted molar refractivity (Wildman–Crippen MR) is 35.1 cm³/mol. The molecule has 1 aromatic rings. The summed E-state index contributed by atoms with van der Waals surface area (Å²) in [5.41, 5.74) is 0.644. The molecule has 47 valence electrons. The Morgan fingerprint density at radius 3 is 3.00 bits per heavy atom. The number of hydrogen-bond acceptors (Lipinski definition) is 1.